The molecule has 0 spiro atoms. The number of carbonyl (C=O) groups excluding carboxylic acids is 3. The SMILES string of the molecule is CNC(=O)C1CCCCc2sc3nc(C(=O)NCc4ccc5c(c4)NC(=O)CO5)[nH]c(=O)c3c21. The van der Waals surface area contributed by atoms with Crippen molar-refractivity contribution in [1.82, 2.24) is 20.6 Å². The molecule has 0 radical (unpaired) electrons. The van der Waals surface area contributed by atoms with E-state index in [2.05, 4.69) is 25.9 Å². The van der Waals surface area contributed by atoms with Crippen LogP contribution in [0, 0.1) is 0 Å². The summed E-state index contributed by atoms with van der Waals surface area (Å²) in [5.74, 6) is -0.790. The van der Waals surface area contributed by atoms with E-state index in [4.69, 9.17) is 4.74 Å². The molecule has 1 unspecified atom stereocenters. The lowest BCUT2D eigenvalue weighted by molar-refractivity contribution is -0.122. The maximum absolute atomic E-state index is 13.0. The molecule has 3 amide bonds. The lowest BCUT2D eigenvalue weighted by atomic mass is 9.93. The first-order valence-corrected chi connectivity index (χ1v) is 11.9. The van der Waals surface area contributed by atoms with E-state index in [1.165, 1.54) is 11.3 Å². The zero-order chi connectivity index (χ0) is 23.8. The summed E-state index contributed by atoms with van der Waals surface area (Å²) in [5.41, 5.74) is 1.62. The van der Waals surface area contributed by atoms with E-state index in [9.17, 15) is 19.2 Å². The van der Waals surface area contributed by atoms with Gasteiger partial charge in [-0.25, -0.2) is 4.98 Å². The number of H-pyrrole nitrogens is 1. The van der Waals surface area contributed by atoms with Gasteiger partial charge in [0.15, 0.2) is 6.61 Å². The second kappa shape index (κ2) is 8.90. The van der Waals surface area contributed by atoms with Gasteiger partial charge >= 0.3 is 0 Å². The molecule has 0 saturated carbocycles. The number of ether oxygens (including phenoxy) is 1. The van der Waals surface area contributed by atoms with Gasteiger partial charge in [-0.1, -0.05) is 12.5 Å². The molecule has 3 aromatic rings. The average molecular weight is 482 g/mol. The molecule has 10 nitrogen and oxygen atoms in total. The highest BCUT2D eigenvalue weighted by molar-refractivity contribution is 7.18. The first-order chi connectivity index (χ1) is 16.4. The van der Waals surface area contributed by atoms with Crippen molar-refractivity contribution in [2.75, 3.05) is 19.0 Å². The van der Waals surface area contributed by atoms with Crippen molar-refractivity contribution >= 4 is 45.0 Å². The Hall–Kier alpha value is -3.73. The standard InChI is InChI=1S/C23H23N5O5S/c1-24-20(30)12-4-2-3-5-15-17(12)18-21(31)27-19(28-23(18)34-15)22(32)25-9-11-6-7-14-13(8-11)26-16(29)10-33-14/h6-8,12H,2-5,9-10H2,1H3,(H,24,30)(H,25,32)(H,26,29)(H,27,28,31). The molecule has 11 heteroatoms. The molecule has 0 saturated heterocycles. The van der Waals surface area contributed by atoms with Crippen LogP contribution in [-0.2, 0) is 22.6 Å². The lowest BCUT2D eigenvalue weighted by Crippen LogP contribution is -2.29. The Labute approximate surface area is 198 Å². The molecule has 2 aromatic heterocycles. The molecule has 1 aliphatic carbocycles. The van der Waals surface area contributed by atoms with Gasteiger partial charge in [-0.3, -0.25) is 19.2 Å². The third-order valence-electron chi connectivity index (χ3n) is 6.08. The predicted molar refractivity (Wildman–Crippen MR) is 126 cm³/mol. The summed E-state index contributed by atoms with van der Waals surface area (Å²) in [5, 5.41) is 8.57. The number of anilines is 1. The number of hydrogen-bond acceptors (Lipinski definition) is 7. The molecule has 4 N–H and O–H groups in total. The fourth-order valence-corrected chi connectivity index (χ4v) is 5.73. The Kier molecular flexibility index (Phi) is 5.78. The number of rotatable bonds is 4. The Morgan fingerprint density at radius 2 is 2.12 bits per heavy atom. The van der Waals surface area contributed by atoms with Gasteiger partial charge in [0.25, 0.3) is 17.4 Å². The number of aromatic nitrogens is 2. The molecule has 34 heavy (non-hydrogen) atoms. The van der Waals surface area contributed by atoms with E-state index >= 15 is 0 Å². The Balaban J connectivity index is 1.40. The van der Waals surface area contributed by atoms with Crippen LogP contribution in [0.2, 0.25) is 0 Å². The molecule has 3 heterocycles. The molecule has 1 atom stereocenters. The van der Waals surface area contributed by atoms with Gasteiger partial charge in [-0.05, 0) is 42.5 Å². The molecular weight excluding hydrogens is 458 g/mol. The highest BCUT2D eigenvalue weighted by Gasteiger charge is 2.30. The van der Waals surface area contributed by atoms with Gasteiger partial charge < -0.3 is 25.7 Å². The van der Waals surface area contributed by atoms with Crippen molar-refractivity contribution in [2.24, 2.45) is 0 Å². The number of nitrogens with one attached hydrogen (secondary N) is 4. The van der Waals surface area contributed by atoms with Crippen LogP contribution in [-0.4, -0.2) is 41.3 Å². The number of carbonyl (C=O) groups is 3. The largest absolute Gasteiger partial charge is 0.482 e. The number of aryl methyl sites for hydroxylation is 1. The summed E-state index contributed by atoms with van der Waals surface area (Å²) >= 11 is 1.38. The van der Waals surface area contributed by atoms with E-state index in [0.29, 0.717) is 28.1 Å². The molecular formula is C23H23N5O5S. The van der Waals surface area contributed by atoms with Crippen molar-refractivity contribution in [3.63, 3.8) is 0 Å². The first kappa shape index (κ1) is 22.1. The first-order valence-electron chi connectivity index (χ1n) is 11.1. The Morgan fingerprint density at radius 3 is 2.94 bits per heavy atom. The van der Waals surface area contributed by atoms with Gasteiger partial charge in [0.1, 0.15) is 10.6 Å². The van der Waals surface area contributed by atoms with Crippen LogP contribution in [0.15, 0.2) is 23.0 Å². The smallest absolute Gasteiger partial charge is 0.287 e. The minimum Gasteiger partial charge on any atom is -0.482 e. The van der Waals surface area contributed by atoms with Crippen molar-refractivity contribution in [1.29, 1.82) is 0 Å². The normalized spacial score (nSPS) is 17.1. The second-order valence-electron chi connectivity index (χ2n) is 8.30. The molecule has 0 fully saturated rings. The van der Waals surface area contributed by atoms with Crippen LogP contribution in [0.3, 0.4) is 0 Å². The summed E-state index contributed by atoms with van der Waals surface area (Å²) in [4.78, 5) is 58.3. The number of amides is 3. The zero-order valence-electron chi connectivity index (χ0n) is 18.4. The van der Waals surface area contributed by atoms with E-state index < -0.39 is 17.4 Å². The highest BCUT2D eigenvalue weighted by atomic mass is 32.1. The van der Waals surface area contributed by atoms with Crippen LogP contribution < -0.4 is 26.2 Å². The number of fused-ring (bicyclic) bond motifs is 4. The molecule has 1 aromatic carbocycles. The minimum atomic E-state index is -0.525. The second-order valence-corrected chi connectivity index (χ2v) is 9.38. The fraction of sp³-hybridized carbons (Fsp3) is 0.348. The van der Waals surface area contributed by atoms with Gasteiger partial charge in [0.2, 0.25) is 11.7 Å². The fourth-order valence-electron chi connectivity index (χ4n) is 4.46. The van der Waals surface area contributed by atoms with Crippen molar-refractivity contribution in [3.05, 3.63) is 50.4 Å². The Bertz CT molecular complexity index is 1380. The summed E-state index contributed by atoms with van der Waals surface area (Å²) in [6, 6.07) is 5.23. The zero-order valence-corrected chi connectivity index (χ0v) is 19.3. The van der Waals surface area contributed by atoms with Crippen LogP contribution >= 0.6 is 11.3 Å². The van der Waals surface area contributed by atoms with Crippen molar-refractivity contribution < 1.29 is 19.1 Å². The van der Waals surface area contributed by atoms with Gasteiger partial charge in [-0.2, -0.15) is 0 Å². The number of likely N-dealkylation sites (N-methyl/N-ethyl adjacent to an activating group) is 1. The number of benzene rings is 1. The summed E-state index contributed by atoms with van der Waals surface area (Å²) < 4.78 is 5.34. The third kappa shape index (κ3) is 4.03. The number of hydrogen-bond donors (Lipinski definition) is 4. The van der Waals surface area contributed by atoms with Crippen LogP contribution in [0.1, 0.15) is 51.8 Å². The topological polar surface area (TPSA) is 142 Å². The molecule has 1 aliphatic heterocycles. The third-order valence-corrected chi connectivity index (χ3v) is 7.24. The maximum atomic E-state index is 13.0. The lowest BCUT2D eigenvalue weighted by Gasteiger charge is -2.18. The summed E-state index contributed by atoms with van der Waals surface area (Å²) in [7, 11) is 1.59. The molecule has 176 valence electrons. The van der Waals surface area contributed by atoms with E-state index in [0.717, 1.165) is 35.3 Å². The Morgan fingerprint density at radius 1 is 1.26 bits per heavy atom. The monoisotopic (exact) mass is 481 g/mol. The number of thiophene rings is 1. The number of aromatic amines is 1. The predicted octanol–water partition coefficient (Wildman–Crippen LogP) is 1.80. The van der Waals surface area contributed by atoms with E-state index in [1.807, 2.05) is 0 Å². The van der Waals surface area contributed by atoms with Crippen LogP contribution in [0.4, 0.5) is 5.69 Å². The quantitative estimate of drug-likeness (QED) is 0.419. The molecule has 5 rings (SSSR count). The van der Waals surface area contributed by atoms with Crippen LogP contribution in [0.25, 0.3) is 10.2 Å². The van der Waals surface area contributed by atoms with Crippen molar-refractivity contribution in [2.45, 2.75) is 38.1 Å². The number of nitrogens with zero attached hydrogens (tertiary/aromatic N) is 1. The molecule has 2 aliphatic rings. The van der Waals surface area contributed by atoms with Crippen LogP contribution in [0.5, 0.6) is 5.75 Å². The van der Waals surface area contributed by atoms with Crippen molar-refractivity contribution in [3.8, 4) is 5.75 Å². The molecule has 0 bridgehead atoms. The van der Waals surface area contributed by atoms with Gasteiger partial charge in [-0.15, -0.1) is 11.3 Å². The maximum Gasteiger partial charge on any atom is 0.287 e. The van der Waals surface area contributed by atoms with E-state index in [1.54, 1.807) is 25.2 Å². The van der Waals surface area contributed by atoms with Gasteiger partial charge in [0.05, 0.1) is 17.0 Å². The summed E-state index contributed by atoms with van der Waals surface area (Å²) in [6.07, 6.45) is 3.30. The minimum absolute atomic E-state index is 0.0272. The summed E-state index contributed by atoms with van der Waals surface area (Å²) in [6.45, 7) is 0.143. The van der Waals surface area contributed by atoms with E-state index in [-0.39, 0.29) is 30.8 Å². The average Bonchev–Trinajstić information content (AvgIpc) is 3.07. The highest BCUT2D eigenvalue weighted by Crippen LogP contribution is 2.39. The van der Waals surface area contributed by atoms with Gasteiger partial charge in [0, 0.05) is 18.5 Å².